The topological polar surface area (TPSA) is 66.6 Å². The second-order valence-corrected chi connectivity index (χ2v) is 5.08. The Kier molecular flexibility index (Phi) is 4.55. The van der Waals surface area contributed by atoms with E-state index in [1.807, 2.05) is 43.1 Å². The molecule has 21 heavy (non-hydrogen) atoms. The van der Waals surface area contributed by atoms with Crippen molar-refractivity contribution in [3.05, 3.63) is 69.3 Å². The van der Waals surface area contributed by atoms with Crippen molar-refractivity contribution < 1.29 is 10.0 Å². The van der Waals surface area contributed by atoms with E-state index in [0.29, 0.717) is 17.8 Å². The van der Waals surface area contributed by atoms with Gasteiger partial charge in [-0.1, -0.05) is 35.9 Å². The number of anilines is 1. The minimum atomic E-state index is -0.417. The van der Waals surface area contributed by atoms with Crippen LogP contribution in [0.5, 0.6) is 0 Å². The number of aryl methyl sites for hydroxylation is 1. The Bertz CT molecular complexity index is 638. The summed E-state index contributed by atoms with van der Waals surface area (Å²) in [5.74, 6) is 0. The maximum atomic E-state index is 11.2. The smallest absolute Gasteiger partial charge is 0.292 e. The van der Waals surface area contributed by atoms with Gasteiger partial charge in [0.1, 0.15) is 5.69 Å². The Morgan fingerprint density at radius 3 is 2.33 bits per heavy atom. The van der Waals surface area contributed by atoms with Crippen molar-refractivity contribution in [2.24, 2.45) is 0 Å². The summed E-state index contributed by atoms with van der Waals surface area (Å²) in [4.78, 5) is 12.6. The maximum Gasteiger partial charge on any atom is 0.292 e. The summed E-state index contributed by atoms with van der Waals surface area (Å²) in [6.45, 7) is 2.40. The summed E-state index contributed by atoms with van der Waals surface area (Å²) in [7, 11) is 1.82. The average Bonchev–Trinajstić information content (AvgIpc) is 2.48. The lowest BCUT2D eigenvalue weighted by atomic mass is 10.1. The second kappa shape index (κ2) is 6.37. The van der Waals surface area contributed by atoms with Gasteiger partial charge in [-0.05, 0) is 24.1 Å². The average molecular weight is 286 g/mol. The minimum absolute atomic E-state index is 0.0103. The summed E-state index contributed by atoms with van der Waals surface area (Å²) >= 11 is 0. The van der Waals surface area contributed by atoms with Gasteiger partial charge in [0, 0.05) is 19.7 Å². The first-order chi connectivity index (χ1) is 10.0. The molecule has 0 saturated carbocycles. The van der Waals surface area contributed by atoms with Crippen LogP contribution in [0.4, 0.5) is 11.4 Å². The molecule has 2 rings (SSSR count). The highest BCUT2D eigenvalue weighted by molar-refractivity contribution is 5.64. The Labute approximate surface area is 123 Å². The molecule has 0 radical (unpaired) electrons. The Balaban J connectivity index is 2.27. The molecule has 1 N–H and O–H groups in total. The SMILES string of the molecule is Cc1ccc(CN(C)c2ccc(CO)cc2[N+](=O)[O-])cc1. The van der Waals surface area contributed by atoms with Crippen LogP contribution in [0.2, 0.25) is 0 Å². The van der Waals surface area contributed by atoms with E-state index in [1.54, 1.807) is 12.1 Å². The standard InChI is InChI=1S/C16H18N2O3/c1-12-3-5-13(6-4-12)10-17(2)15-8-7-14(11-19)9-16(15)18(20)21/h3-9,19H,10-11H2,1-2H3. The third-order valence-electron chi connectivity index (χ3n) is 3.37. The van der Waals surface area contributed by atoms with Crippen molar-refractivity contribution in [1.82, 2.24) is 0 Å². The lowest BCUT2D eigenvalue weighted by molar-refractivity contribution is -0.384. The summed E-state index contributed by atoms with van der Waals surface area (Å²) in [6.07, 6.45) is 0. The first kappa shape index (κ1) is 15.0. The highest BCUT2D eigenvalue weighted by Crippen LogP contribution is 2.29. The summed E-state index contributed by atoms with van der Waals surface area (Å²) < 4.78 is 0. The van der Waals surface area contributed by atoms with E-state index in [9.17, 15) is 10.1 Å². The number of benzene rings is 2. The van der Waals surface area contributed by atoms with Crippen molar-refractivity contribution in [3.8, 4) is 0 Å². The molecule has 0 amide bonds. The Hall–Kier alpha value is -2.40. The number of aliphatic hydroxyl groups excluding tert-OH is 1. The van der Waals surface area contributed by atoms with Gasteiger partial charge < -0.3 is 10.0 Å². The van der Waals surface area contributed by atoms with Gasteiger partial charge in [0.15, 0.2) is 0 Å². The first-order valence-electron chi connectivity index (χ1n) is 6.66. The second-order valence-electron chi connectivity index (χ2n) is 5.08. The molecule has 2 aromatic rings. The predicted octanol–water partition coefficient (Wildman–Crippen LogP) is 3.03. The van der Waals surface area contributed by atoms with E-state index in [1.165, 1.54) is 11.6 Å². The zero-order valence-electron chi connectivity index (χ0n) is 12.1. The third kappa shape index (κ3) is 3.58. The van der Waals surface area contributed by atoms with Crippen molar-refractivity contribution in [1.29, 1.82) is 0 Å². The van der Waals surface area contributed by atoms with E-state index in [0.717, 1.165) is 5.56 Å². The van der Waals surface area contributed by atoms with E-state index < -0.39 is 4.92 Å². The van der Waals surface area contributed by atoms with Crippen LogP contribution >= 0.6 is 0 Å². The van der Waals surface area contributed by atoms with Crippen LogP contribution in [0.3, 0.4) is 0 Å². The molecule has 0 spiro atoms. The summed E-state index contributed by atoms with van der Waals surface area (Å²) in [5.41, 5.74) is 3.35. The fourth-order valence-electron chi connectivity index (χ4n) is 2.19. The van der Waals surface area contributed by atoms with Crippen LogP contribution in [-0.2, 0) is 13.2 Å². The molecule has 5 heteroatoms. The number of nitro benzene ring substituents is 1. The van der Waals surface area contributed by atoms with Gasteiger partial charge >= 0.3 is 0 Å². The van der Waals surface area contributed by atoms with Crippen molar-refractivity contribution in [2.45, 2.75) is 20.1 Å². The van der Waals surface area contributed by atoms with Crippen LogP contribution < -0.4 is 4.90 Å². The van der Waals surface area contributed by atoms with Crippen LogP contribution in [0.1, 0.15) is 16.7 Å². The quantitative estimate of drug-likeness (QED) is 0.677. The Morgan fingerprint density at radius 1 is 1.14 bits per heavy atom. The molecule has 0 bridgehead atoms. The van der Waals surface area contributed by atoms with E-state index in [2.05, 4.69) is 0 Å². The minimum Gasteiger partial charge on any atom is -0.392 e. The molecule has 0 aliphatic heterocycles. The van der Waals surface area contributed by atoms with E-state index >= 15 is 0 Å². The number of aliphatic hydroxyl groups is 1. The largest absolute Gasteiger partial charge is 0.392 e. The molecule has 0 aliphatic rings. The molecule has 0 heterocycles. The van der Waals surface area contributed by atoms with Gasteiger partial charge in [-0.15, -0.1) is 0 Å². The zero-order valence-corrected chi connectivity index (χ0v) is 12.1. The molecule has 0 aromatic heterocycles. The van der Waals surface area contributed by atoms with Gasteiger partial charge in [-0.3, -0.25) is 10.1 Å². The molecule has 0 fully saturated rings. The molecule has 5 nitrogen and oxygen atoms in total. The molecular formula is C16H18N2O3. The van der Waals surface area contributed by atoms with Gasteiger partial charge in [0.2, 0.25) is 0 Å². The number of hydrogen-bond acceptors (Lipinski definition) is 4. The van der Waals surface area contributed by atoms with Crippen LogP contribution in [-0.4, -0.2) is 17.1 Å². The summed E-state index contributed by atoms with van der Waals surface area (Å²) in [5, 5.41) is 20.3. The van der Waals surface area contributed by atoms with Gasteiger partial charge in [0.25, 0.3) is 5.69 Å². The number of hydrogen-bond donors (Lipinski definition) is 1. The van der Waals surface area contributed by atoms with E-state index in [-0.39, 0.29) is 12.3 Å². The van der Waals surface area contributed by atoms with Crippen molar-refractivity contribution in [2.75, 3.05) is 11.9 Å². The maximum absolute atomic E-state index is 11.2. The highest BCUT2D eigenvalue weighted by Gasteiger charge is 2.17. The van der Waals surface area contributed by atoms with Crippen LogP contribution in [0.25, 0.3) is 0 Å². The fraction of sp³-hybridized carbons (Fsp3) is 0.250. The fourth-order valence-corrected chi connectivity index (χ4v) is 2.19. The normalized spacial score (nSPS) is 10.4. The molecule has 2 aromatic carbocycles. The van der Waals surface area contributed by atoms with Crippen molar-refractivity contribution >= 4 is 11.4 Å². The van der Waals surface area contributed by atoms with Crippen molar-refractivity contribution in [3.63, 3.8) is 0 Å². The van der Waals surface area contributed by atoms with Crippen LogP contribution in [0.15, 0.2) is 42.5 Å². The molecule has 0 atom stereocenters. The molecule has 0 saturated heterocycles. The first-order valence-corrected chi connectivity index (χ1v) is 6.66. The monoisotopic (exact) mass is 286 g/mol. The number of nitro groups is 1. The highest BCUT2D eigenvalue weighted by atomic mass is 16.6. The predicted molar refractivity (Wildman–Crippen MR) is 82.3 cm³/mol. The third-order valence-corrected chi connectivity index (χ3v) is 3.37. The molecule has 0 aliphatic carbocycles. The number of rotatable bonds is 5. The van der Waals surface area contributed by atoms with Crippen LogP contribution in [0, 0.1) is 17.0 Å². The number of nitrogens with zero attached hydrogens (tertiary/aromatic N) is 2. The van der Waals surface area contributed by atoms with E-state index in [4.69, 9.17) is 5.11 Å². The Morgan fingerprint density at radius 2 is 1.76 bits per heavy atom. The zero-order chi connectivity index (χ0) is 15.4. The van der Waals surface area contributed by atoms with Gasteiger partial charge in [-0.2, -0.15) is 0 Å². The van der Waals surface area contributed by atoms with Gasteiger partial charge in [-0.25, -0.2) is 0 Å². The molecular weight excluding hydrogens is 268 g/mol. The lowest BCUT2D eigenvalue weighted by Gasteiger charge is -2.19. The lowest BCUT2D eigenvalue weighted by Crippen LogP contribution is -2.17. The molecule has 0 unspecified atom stereocenters. The van der Waals surface area contributed by atoms with Gasteiger partial charge in [0.05, 0.1) is 11.5 Å². The molecule has 110 valence electrons. The summed E-state index contributed by atoms with van der Waals surface area (Å²) in [6, 6.07) is 12.9.